The number of hydrogen-bond acceptors (Lipinski definition) is 3. The first-order valence-electron chi connectivity index (χ1n) is 11.8. The standard InChI is InChI=1S/C21H27F3N4O2/c1-30-18-5-3-16(4-6-18)26-20(29)27-10-8-17(9-11-27)28-19-7-2-15(21(22,23)24)12-14(19)13-25-28/h2,7,12-13,16-18H,3-6,8-11H2,1H3,(H,26,29)/i1D3. The second-order valence-electron chi connectivity index (χ2n) is 8.12. The van der Waals surface area contributed by atoms with E-state index in [-0.39, 0.29) is 24.2 Å². The van der Waals surface area contributed by atoms with E-state index in [1.54, 1.807) is 9.58 Å². The van der Waals surface area contributed by atoms with Crippen molar-refractivity contribution >= 4 is 16.9 Å². The maximum atomic E-state index is 12.9. The molecule has 6 nitrogen and oxygen atoms in total. The maximum Gasteiger partial charge on any atom is 0.416 e. The molecule has 2 fully saturated rings. The van der Waals surface area contributed by atoms with Crippen LogP contribution in [0.25, 0.3) is 10.9 Å². The molecular weight excluding hydrogens is 397 g/mol. The van der Waals surface area contributed by atoms with Gasteiger partial charge in [-0.1, -0.05) is 0 Å². The van der Waals surface area contributed by atoms with Crippen molar-refractivity contribution in [2.75, 3.05) is 20.1 Å². The van der Waals surface area contributed by atoms with Crippen molar-refractivity contribution in [3.8, 4) is 0 Å². The molecule has 0 spiro atoms. The number of fused-ring (bicyclic) bond motifs is 1. The van der Waals surface area contributed by atoms with E-state index in [9.17, 15) is 18.0 Å². The number of halogens is 3. The topological polar surface area (TPSA) is 59.4 Å². The van der Waals surface area contributed by atoms with Crippen LogP contribution in [0.1, 0.15) is 54.2 Å². The summed E-state index contributed by atoms with van der Waals surface area (Å²) in [6, 6.07) is 3.49. The average molecular weight is 427 g/mol. The Morgan fingerprint density at radius 1 is 1.20 bits per heavy atom. The van der Waals surface area contributed by atoms with Gasteiger partial charge in [0.1, 0.15) is 0 Å². The molecule has 2 heterocycles. The molecule has 1 aliphatic carbocycles. The Hall–Kier alpha value is -2.29. The second kappa shape index (κ2) is 8.45. The molecule has 30 heavy (non-hydrogen) atoms. The average Bonchev–Trinajstić information content (AvgIpc) is 3.17. The van der Waals surface area contributed by atoms with Gasteiger partial charge in [-0.05, 0) is 56.7 Å². The molecule has 1 saturated carbocycles. The van der Waals surface area contributed by atoms with Crippen molar-refractivity contribution in [2.24, 2.45) is 0 Å². The van der Waals surface area contributed by atoms with Gasteiger partial charge in [0.15, 0.2) is 0 Å². The molecule has 1 aliphatic heterocycles. The summed E-state index contributed by atoms with van der Waals surface area (Å²) in [6.45, 7) is 1.05. The van der Waals surface area contributed by atoms with Crippen LogP contribution in [0.4, 0.5) is 18.0 Å². The van der Waals surface area contributed by atoms with Gasteiger partial charge in [-0.25, -0.2) is 4.79 Å². The summed E-state index contributed by atoms with van der Waals surface area (Å²) in [7, 11) is -2.40. The number of piperidine rings is 1. The van der Waals surface area contributed by atoms with Crippen molar-refractivity contribution < 1.29 is 26.8 Å². The molecule has 1 aromatic carbocycles. The first-order chi connectivity index (χ1) is 15.5. The van der Waals surface area contributed by atoms with E-state index in [1.165, 1.54) is 12.3 Å². The number of nitrogens with zero attached hydrogens (tertiary/aromatic N) is 3. The van der Waals surface area contributed by atoms with Crippen LogP contribution in [0.3, 0.4) is 0 Å². The first-order valence-corrected chi connectivity index (χ1v) is 10.3. The molecule has 1 saturated heterocycles. The number of ether oxygens (including phenoxy) is 1. The van der Waals surface area contributed by atoms with Gasteiger partial charge >= 0.3 is 12.2 Å². The van der Waals surface area contributed by atoms with Gasteiger partial charge in [0.2, 0.25) is 0 Å². The SMILES string of the molecule is [2H]C([2H])([2H])OC1CCC(NC(=O)N2CCC(n3ncc4cc(C(F)(F)F)ccc43)CC2)CC1. The van der Waals surface area contributed by atoms with Crippen LogP contribution >= 0.6 is 0 Å². The van der Waals surface area contributed by atoms with Crippen LogP contribution in [0.2, 0.25) is 0 Å². The van der Waals surface area contributed by atoms with Gasteiger partial charge in [0, 0.05) is 31.6 Å². The molecule has 0 radical (unpaired) electrons. The second-order valence-corrected chi connectivity index (χ2v) is 8.12. The number of amides is 2. The number of carbonyl (C=O) groups is 1. The Morgan fingerprint density at radius 3 is 2.60 bits per heavy atom. The fourth-order valence-electron chi connectivity index (χ4n) is 4.42. The number of carbonyl (C=O) groups excluding carboxylic acids is 1. The van der Waals surface area contributed by atoms with Crippen molar-refractivity contribution in [1.82, 2.24) is 20.0 Å². The zero-order valence-electron chi connectivity index (χ0n) is 19.5. The summed E-state index contributed by atoms with van der Waals surface area (Å²) in [5.41, 5.74) is -0.0398. The highest BCUT2D eigenvalue weighted by molar-refractivity contribution is 5.79. The third-order valence-corrected chi connectivity index (χ3v) is 6.19. The first kappa shape index (κ1) is 17.4. The molecule has 0 atom stereocenters. The van der Waals surface area contributed by atoms with Crippen LogP contribution in [0.5, 0.6) is 0 Å². The third-order valence-electron chi connectivity index (χ3n) is 6.19. The van der Waals surface area contributed by atoms with Crippen molar-refractivity contribution in [3.05, 3.63) is 30.0 Å². The number of methoxy groups -OCH3 is 1. The maximum absolute atomic E-state index is 12.9. The van der Waals surface area contributed by atoms with E-state index < -0.39 is 18.8 Å². The number of rotatable bonds is 3. The molecule has 164 valence electrons. The van der Waals surface area contributed by atoms with Gasteiger partial charge in [0.25, 0.3) is 0 Å². The summed E-state index contributed by atoms with van der Waals surface area (Å²) in [6.07, 6.45) is 0.588. The molecule has 0 unspecified atom stereocenters. The number of aromatic nitrogens is 2. The molecule has 9 heteroatoms. The number of nitrogens with one attached hydrogen (secondary N) is 1. The number of alkyl halides is 3. The number of likely N-dealkylation sites (tertiary alicyclic amines) is 1. The monoisotopic (exact) mass is 427 g/mol. The third kappa shape index (κ3) is 4.40. The summed E-state index contributed by atoms with van der Waals surface area (Å²) in [5, 5.41) is 7.80. The van der Waals surface area contributed by atoms with E-state index in [0.717, 1.165) is 12.1 Å². The summed E-state index contributed by atoms with van der Waals surface area (Å²) >= 11 is 0. The van der Waals surface area contributed by atoms with E-state index in [1.807, 2.05) is 0 Å². The van der Waals surface area contributed by atoms with Crippen LogP contribution in [-0.4, -0.2) is 53.0 Å². The minimum Gasteiger partial charge on any atom is -0.381 e. The van der Waals surface area contributed by atoms with E-state index in [0.29, 0.717) is 62.5 Å². The lowest BCUT2D eigenvalue weighted by Gasteiger charge is -2.35. The van der Waals surface area contributed by atoms with E-state index in [2.05, 4.69) is 10.4 Å². The molecule has 2 amide bonds. The van der Waals surface area contributed by atoms with Crippen molar-refractivity contribution in [2.45, 2.75) is 62.9 Å². The zero-order valence-corrected chi connectivity index (χ0v) is 16.5. The van der Waals surface area contributed by atoms with Crippen LogP contribution in [-0.2, 0) is 10.9 Å². The van der Waals surface area contributed by atoms with E-state index in [4.69, 9.17) is 8.85 Å². The zero-order chi connectivity index (χ0) is 23.8. The highest BCUT2D eigenvalue weighted by atomic mass is 19.4. The highest BCUT2D eigenvalue weighted by Crippen LogP contribution is 2.33. The normalized spacial score (nSPS) is 25.6. The Kier molecular flexibility index (Phi) is 4.90. The molecule has 1 aromatic heterocycles. The Morgan fingerprint density at radius 2 is 1.93 bits per heavy atom. The smallest absolute Gasteiger partial charge is 0.381 e. The lowest BCUT2D eigenvalue weighted by molar-refractivity contribution is -0.137. The molecular formula is C21H27F3N4O2. The predicted octanol–water partition coefficient (Wildman–Crippen LogP) is 4.36. The molecule has 0 bridgehead atoms. The largest absolute Gasteiger partial charge is 0.416 e. The lowest BCUT2D eigenvalue weighted by Crippen LogP contribution is -2.49. The summed E-state index contributed by atoms with van der Waals surface area (Å²) in [4.78, 5) is 14.4. The van der Waals surface area contributed by atoms with E-state index >= 15 is 0 Å². The lowest BCUT2D eigenvalue weighted by atomic mass is 9.93. The molecule has 1 N–H and O–H groups in total. The minimum atomic E-state index is -4.39. The Labute approximate surface area is 177 Å². The van der Waals surface area contributed by atoms with Gasteiger partial charge in [-0.15, -0.1) is 0 Å². The highest BCUT2D eigenvalue weighted by Gasteiger charge is 2.32. The fourth-order valence-corrected chi connectivity index (χ4v) is 4.42. The summed E-state index contributed by atoms with van der Waals surface area (Å²) in [5.74, 6) is 0. The number of benzene rings is 1. The fraction of sp³-hybridized carbons (Fsp3) is 0.619. The van der Waals surface area contributed by atoms with Gasteiger partial charge < -0.3 is 15.0 Å². The molecule has 4 rings (SSSR count). The van der Waals surface area contributed by atoms with Crippen LogP contribution < -0.4 is 5.32 Å². The predicted molar refractivity (Wildman–Crippen MR) is 106 cm³/mol. The van der Waals surface area contributed by atoms with Crippen LogP contribution in [0.15, 0.2) is 24.4 Å². The number of urea groups is 1. The van der Waals surface area contributed by atoms with Gasteiger partial charge in [-0.3, -0.25) is 4.68 Å². The van der Waals surface area contributed by atoms with Gasteiger partial charge in [0.05, 0.1) is 33.5 Å². The van der Waals surface area contributed by atoms with Crippen LogP contribution in [0, 0.1) is 0 Å². The summed E-state index contributed by atoms with van der Waals surface area (Å²) < 4.78 is 67.3. The van der Waals surface area contributed by atoms with Gasteiger partial charge in [-0.2, -0.15) is 18.3 Å². The van der Waals surface area contributed by atoms with Crippen molar-refractivity contribution in [1.29, 1.82) is 0 Å². The van der Waals surface area contributed by atoms with Crippen molar-refractivity contribution in [3.63, 3.8) is 0 Å². The Bertz CT molecular complexity index is 979. The minimum absolute atomic E-state index is 0.00966. The number of hydrogen-bond donors (Lipinski definition) is 1. The Balaban J connectivity index is 1.28. The quantitative estimate of drug-likeness (QED) is 0.792. The molecule has 2 aromatic rings. The molecule has 2 aliphatic rings.